The van der Waals surface area contributed by atoms with E-state index in [1.54, 1.807) is 0 Å². The van der Waals surface area contributed by atoms with E-state index >= 15 is 0 Å². The molecule has 2 aliphatic carbocycles. The third-order valence-electron chi connectivity index (χ3n) is 4.28. The minimum Gasteiger partial charge on any atom is -0.330 e. The first-order chi connectivity index (χ1) is 8.88. The van der Waals surface area contributed by atoms with Gasteiger partial charge in [0.05, 0.1) is 6.04 Å². The zero-order valence-electron chi connectivity index (χ0n) is 10.7. The van der Waals surface area contributed by atoms with Crippen molar-refractivity contribution in [2.45, 2.75) is 61.4 Å². The second kappa shape index (κ2) is 5.57. The van der Waals surface area contributed by atoms with Crippen molar-refractivity contribution in [1.82, 2.24) is 20.2 Å². The summed E-state index contributed by atoms with van der Waals surface area (Å²) in [6.07, 6.45) is 8.88. The van der Waals surface area contributed by atoms with Crippen LogP contribution in [0.2, 0.25) is 0 Å². The summed E-state index contributed by atoms with van der Waals surface area (Å²) in [7, 11) is 0. The van der Waals surface area contributed by atoms with E-state index in [0.29, 0.717) is 17.2 Å². The first kappa shape index (κ1) is 12.4. The largest absolute Gasteiger partial charge is 0.330 e. The summed E-state index contributed by atoms with van der Waals surface area (Å²) in [5.41, 5.74) is 5.84. The van der Waals surface area contributed by atoms with E-state index in [2.05, 4.69) is 20.2 Å². The van der Waals surface area contributed by atoms with E-state index in [9.17, 15) is 0 Å². The van der Waals surface area contributed by atoms with Crippen LogP contribution in [0.5, 0.6) is 0 Å². The highest BCUT2D eigenvalue weighted by atomic mass is 32.2. The van der Waals surface area contributed by atoms with Crippen LogP contribution in [0.1, 0.15) is 51.0 Å². The SMILES string of the molecule is NCC1CCCC1Sc1nnnn1C1CCCC1. The molecule has 2 fully saturated rings. The zero-order chi connectivity index (χ0) is 12.4. The molecule has 0 aliphatic heterocycles. The minimum atomic E-state index is 0.528. The van der Waals surface area contributed by atoms with Crippen LogP contribution in [0, 0.1) is 5.92 Å². The Balaban J connectivity index is 1.70. The van der Waals surface area contributed by atoms with Crippen LogP contribution in [0.3, 0.4) is 0 Å². The van der Waals surface area contributed by atoms with E-state index < -0.39 is 0 Å². The summed E-state index contributed by atoms with van der Waals surface area (Å²) in [5.74, 6) is 0.642. The fourth-order valence-corrected chi connectivity index (χ4v) is 4.58. The van der Waals surface area contributed by atoms with E-state index in [1.807, 2.05) is 11.8 Å². The molecule has 0 bridgehead atoms. The fourth-order valence-electron chi connectivity index (χ4n) is 3.20. The molecule has 2 saturated carbocycles. The Morgan fingerprint density at radius 2 is 2.00 bits per heavy atom. The van der Waals surface area contributed by atoms with E-state index in [0.717, 1.165) is 11.7 Å². The molecule has 0 amide bonds. The maximum absolute atomic E-state index is 5.84. The van der Waals surface area contributed by atoms with Gasteiger partial charge in [-0.25, -0.2) is 4.68 Å². The Bertz CT molecular complexity index is 388. The molecule has 5 nitrogen and oxygen atoms in total. The summed E-state index contributed by atoms with van der Waals surface area (Å²) in [6.45, 7) is 0.794. The van der Waals surface area contributed by atoms with Gasteiger partial charge in [0.25, 0.3) is 0 Å². The molecule has 2 aliphatic rings. The number of hydrogen-bond donors (Lipinski definition) is 1. The Kier molecular flexibility index (Phi) is 3.84. The highest BCUT2D eigenvalue weighted by Gasteiger charge is 2.30. The molecule has 1 aromatic heterocycles. The predicted molar refractivity (Wildman–Crippen MR) is 71.4 cm³/mol. The van der Waals surface area contributed by atoms with Crippen LogP contribution in [0.25, 0.3) is 0 Å². The molecule has 2 unspecified atom stereocenters. The second-order valence-electron chi connectivity index (χ2n) is 5.43. The van der Waals surface area contributed by atoms with Gasteiger partial charge in [-0.2, -0.15) is 0 Å². The third kappa shape index (κ3) is 2.40. The monoisotopic (exact) mass is 267 g/mol. The Morgan fingerprint density at radius 1 is 1.17 bits per heavy atom. The van der Waals surface area contributed by atoms with Crippen LogP contribution < -0.4 is 5.73 Å². The quantitative estimate of drug-likeness (QED) is 0.903. The van der Waals surface area contributed by atoms with Crippen molar-refractivity contribution in [2.24, 2.45) is 11.7 Å². The molecular formula is C12H21N5S. The summed E-state index contributed by atoms with van der Waals surface area (Å²) in [6, 6.07) is 0.528. The van der Waals surface area contributed by atoms with Gasteiger partial charge in [-0.15, -0.1) is 5.10 Å². The first-order valence-electron chi connectivity index (χ1n) is 7.03. The van der Waals surface area contributed by atoms with Gasteiger partial charge in [-0.05, 0) is 48.6 Å². The fraction of sp³-hybridized carbons (Fsp3) is 0.917. The molecule has 3 rings (SSSR count). The number of nitrogens with two attached hydrogens (primary N) is 1. The van der Waals surface area contributed by atoms with Crippen LogP contribution in [0.15, 0.2) is 5.16 Å². The van der Waals surface area contributed by atoms with Crippen molar-refractivity contribution in [3.63, 3.8) is 0 Å². The summed E-state index contributed by atoms with van der Waals surface area (Å²) < 4.78 is 2.06. The maximum atomic E-state index is 5.84. The second-order valence-corrected chi connectivity index (χ2v) is 6.63. The highest BCUT2D eigenvalue weighted by Crippen LogP contribution is 2.39. The van der Waals surface area contributed by atoms with Gasteiger partial charge in [-0.3, -0.25) is 0 Å². The molecular weight excluding hydrogens is 246 g/mol. The lowest BCUT2D eigenvalue weighted by molar-refractivity contribution is 0.422. The van der Waals surface area contributed by atoms with Gasteiger partial charge in [-0.1, -0.05) is 31.0 Å². The Morgan fingerprint density at radius 3 is 2.78 bits per heavy atom. The molecule has 0 spiro atoms. The van der Waals surface area contributed by atoms with Crippen molar-refractivity contribution in [3.8, 4) is 0 Å². The number of rotatable bonds is 4. The van der Waals surface area contributed by atoms with Crippen molar-refractivity contribution >= 4 is 11.8 Å². The summed E-state index contributed by atoms with van der Waals surface area (Å²) in [4.78, 5) is 0. The lowest BCUT2D eigenvalue weighted by Crippen LogP contribution is -2.21. The van der Waals surface area contributed by atoms with Gasteiger partial charge < -0.3 is 5.73 Å². The number of hydrogen-bond acceptors (Lipinski definition) is 5. The first-order valence-corrected chi connectivity index (χ1v) is 7.91. The lowest BCUT2D eigenvalue weighted by atomic mass is 10.1. The van der Waals surface area contributed by atoms with Crippen molar-refractivity contribution in [3.05, 3.63) is 0 Å². The number of thioether (sulfide) groups is 1. The number of aromatic nitrogens is 4. The molecule has 2 N–H and O–H groups in total. The topological polar surface area (TPSA) is 69.6 Å². The van der Waals surface area contributed by atoms with Crippen molar-refractivity contribution in [2.75, 3.05) is 6.54 Å². The Labute approximate surface area is 112 Å². The lowest BCUT2D eigenvalue weighted by Gasteiger charge is -2.17. The average Bonchev–Trinajstić information content (AvgIpc) is 3.09. The summed E-state index contributed by atoms with van der Waals surface area (Å²) >= 11 is 1.85. The van der Waals surface area contributed by atoms with Gasteiger partial charge in [0, 0.05) is 5.25 Å². The normalized spacial score (nSPS) is 29.2. The molecule has 6 heteroatoms. The van der Waals surface area contributed by atoms with Gasteiger partial charge in [0.1, 0.15) is 0 Å². The number of nitrogens with zero attached hydrogens (tertiary/aromatic N) is 4. The number of tetrazole rings is 1. The van der Waals surface area contributed by atoms with Crippen molar-refractivity contribution in [1.29, 1.82) is 0 Å². The van der Waals surface area contributed by atoms with E-state index in [-0.39, 0.29) is 0 Å². The maximum Gasteiger partial charge on any atom is 0.209 e. The van der Waals surface area contributed by atoms with Gasteiger partial charge in [0.2, 0.25) is 5.16 Å². The third-order valence-corrected chi connectivity index (χ3v) is 5.68. The predicted octanol–water partition coefficient (Wildman–Crippen LogP) is 2.01. The van der Waals surface area contributed by atoms with E-state index in [4.69, 9.17) is 5.73 Å². The zero-order valence-corrected chi connectivity index (χ0v) is 11.5. The van der Waals surface area contributed by atoms with Crippen LogP contribution in [-0.2, 0) is 0 Å². The summed E-state index contributed by atoms with van der Waals surface area (Å²) in [5, 5.41) is 13.9. The average molecular weight is 267 g/mol. The van der Waals surface area contributed by atoms with Crippen molar-refractivity contribution < 1.29 is 0 Å². The molecule has 100 valence electrons. The molecule has 0 saturated heterocycles. The molecule has 1 aromatic rings. The van der Waals surface area contributed by atoms with E-state index in [1.165, 1.54) is 44.9 Å². The highest BCUT2D eigenvalue weighted by molar-refractivity contribution is 7.99. The Hall–Kier alpha value is -0.620. The van der Waals surface area contributed by atoms with Crippen LogP contribution >= 0.6 is 11.8 Å². The minimum absolute atomic E-state index is 0.528. The molecule has 0 radical (unpaired) electrons. The van der Waals surface area contributed by atoms with Crippen LogP contribution in [-0.4, -0.2) is 32.0 Å². The molecule has 2 atom stereocenters. The van der Waals surface area contributed by atoms with Crippen LogP contribution in [0.4, 0.5) is 0 Å². The smallest absolute Gasteiger partial charge is 0.209 e. The van der Waals surface area contributed by atoms with Gasteiger partial charge >= 0.3 is 0 Å². The van der Waals surface area contributed by atoms with Gasteiger partial charge in [0.15, 0.2) is 0 Å². The molecule has 1 heterocycles. The molecule has 18 heavy (non-hydrogen) atoms. The standard InChI is InChI=1S/C12H21N5S/c13-8-9-4-3-7-11(9)18-12-14-15-16-17(12)10-5-1-2-6-10/h9-11H,1-8,13H2. The molecule has 0 aromatic carbocycles.